The first-order valence-corrected chi connectivity index (χ1v) is 4.09. The first-order chi connectivity index (χ1) is 6.77. The maximum atomic E-state index is 12.7. The molecule has 0 radical (unpaired) electrons. The van der Waals surface area contributed by atoms with Crippen molar-refractivity contribution in [2.45, 2.75) is 0 Å². The van der Waals surface area contributed by atoms with Crippen LogP contribution < -0.4 is 5.73 Å². The third-order valence-electron chi connectivity index (χ3n) is 1.85. The van der Waals surface area contributed by atoms with Gasteiger partial charge in [-0.3, -0.25) is 9.97 Å². The standard InChI is InChI=1S/C10H8FN3/c11-7-1-2-8(9(12)5-7)10-6-13-3-4-14-10/h1-6H,12H2. The highest BCUT2D eigenvalue weighted by atomic mass is 19.1. The maximum Gasteiger partial charge on any atom is 0.125 e. The Hall–Kier alpha value is -1.97. The van der Waals surface area contributed by atoms with E-state index in [4.69, 9.17) is 5.73 Å². The fourth-order valence-corrected chi connectivity index (χ4v) is 1.21. The van der Waals surface area contributed by atoms with Gasteiger partial charge in [0.2, 0.25) is 0 Å². The predicted octanol–water partition coefficient (Wildman–Crippen LogP) is 1.86. The molecule has 2 N–H and O–H groups in total. The topological polar surface area (TPSA) is 51.8 Å². The number of halogens is 1. The van der Waals surface area contributed by atoms with Crippen LogP contribution in [0, 0.1) is 5.82 Å². The molecule has 2 aromatic rings. The Labute approximate surface area is 80.4 Å². The Morgan fingerprint density at radius 2 is 2.07 bits per heavy atom. The van der Waals surface area contributed by atoms with Gasteiger partial charge in [0.25, 0.3) is 0 Å². The van der Waals surface area contributed by atoms with Crippen LogP contribution in [-0.2, 0) is 0 Å². The van der Waals surface area contributed by atoms with Gasteiger partial charge in [-0.15, -0.1) is 0 Å². The van der Waals surface area contributed by atoms with E-state index < -0.39 is 0 Å². The van der Waals surface area contributed by atoms with Crippen molar-refractivity contribution in [3.8, 4) is 11.3 Å². The predicted molar refractivity (Wildman–Crippen MR) is 51.8 cm³/mol. The molecule has 1 aromatic heterocycles. The van der Waals surface area contributed by atoms with Crippen LogP contribution in [0.15, 0.2) is 36.8 Å². The van der Waals surface area contributed by atoms with Gasteiger partial charge in [-0.05, 0) is 18.2 Å². The van der Waals surface area contributed by atoms with Crippen molar-refractivity contribution in [2.75, 3.05) is 5.73 Å². The fourth-order valence-electron chi connectivity index (χ4n) is 1.21. The number of hydrogen-bond acceptors (Lipinski definition) is 3. The fraction of sp³-hybridized carbons (Fsp3) is 0. The van der Waals surface area contributed by atoms with Crippen LogP contribution >= 0.6 is 0 Å². The molecule has 4 heteroatoms. The monoisotopic (exact) mass is 189 g/mol. The molecular weight excluding hydrogens is 181 g/mol. The number of nitrogen functional groups attached to an aromatic ring is 1. The first-order valence-electron chi connectivity index (χ1n) is 4.09. The van der Waals surface area contributed by atoms with Gasteiger partial charge < -0.3 is 5.73 Å². The van der Waals surface area contributed by atoms with Crippen LogP contribution in [0.3, 0.4) is 0 Å². The summed E-state index contributed by atoms with van der Waals surface area (Å²) in [7, 11) is 0. The van der Waals surface area contributed by atoms with Crippen molar-refractivity contribution >= 4 is 5.69 Å². The molecule has 0 bridgehead atoms. The van der Waals surface area contributed by atoms with Crippen molar-refractivity contribution in [2.24, 2.45) is 0 Å². The summed E-state index contributed by atoms with van der Waals surface area (Å²) < 4.78 is 12.7. The lowest BCUT2D eigenvalue weighted by Gasteiger charge is -2.03. The molecule has 0 aliphatic rings. The second kappa shape index (κ2) is 3.41. The second-order valence-corrected chi connectivity index (χ2v) is 2.82. The van der Waals surface area contributed by atoms with Gasteiger partial charge in [0.15, 0.2) is 0 Å². The average Bonchev–Trinajstić information content (AvgIpc) is 2.19. The van der Waals surface area contributed by atoms with Crippen LogP contribution in [0.4, 0.5) is 10.1 Å². The molecule has 1 heterocycles. The van der Waals surface area contributed by atoms with Gasteiger partial charge in [-0.25, -0.2) is 4.39 Å². The summed E-state index contributed by atoms with van der Waals surface area (Å²) in [5.74, 6) is -0.352. The number of rotatable bonds is 1. The number of nitrogens with zero attached hydrogens (tertiary/aromatic N) is 2. The van der Waals surface area contributed by atoms with Crippen LogP contribution in [-0.4, -0.2) is 9.97 Å². The summed E-state index contributed by atoms with van der Waals surface area (Å²) in [6.07, 6.45) is 4.73. The SMILES string of the molecule is Nc1cc(F)ccc1-c1cnccn1. The van der Waals surface area contributed by atoms with Crippen molar-refractivity contribution in [3.05, 3.63) is 42.6 Å². The van der Waals surface area contributed by atoms with Gasteiger partial charge >= 0.3 is 0 Å². The molecule has 0 unspecified atom stereocenters. The Balaban J connectivity index is 2.53. The second-order valence-electron chi connectivity index (χ2n) is 2.82. The van der Waals surface area contributed by atoms with Crippen molar-refractivity contribution in [1.29, 1.82) is 0 Å². The molecular formula is C10H8FN3. The zero-order valence-electron chi connectivity index (χ0n) is 7.31. The largest absolute Gasteiger partial charge is 0.398 e. The smallest absolute Gasteiger partial charge is 0.125 e. The summed E-state index contributed by atoms with van der Waals surface area (Å²) >= 11 is 0. The molecule has 14 heavy (non-hydrogen) atoms. The van der Waals surface area contributed by atoms with E-state index in [2.05, 4.69) is 9.97 Å². The van der Waals surface area contributed by atoms with E-state index in [1.54, 1.807) is 24.7 Å². The van der Waals surface area contributed by atoms with Crippen LogP contribution in [0.1, 0.15) is 0 Å². The highest BCUT2D eigenvalue weighted by molar-refractivity contribution is 5.72. The zero-order chi connectivity index (χ0) is 9.97. The van der Waals surface area contributed by atoms with Gasteiger partial charge in [0, 0.05) is 23.6 Å². The van der Waals surface area contributed by atoms with E-state index >= 15 is 0 Å². The number of aromatic nitrogens is 2. The van der Waals surface area contributed by atoms with Gasteiger partial charge in [-0.2, -0.15) is 0 Å². The minimum Gasteiger partial charge on any atom is -0.398 e. The Kier molecular flexibility index (Phi) is 2.10. The molecule has 0 amide bonds. The van der Waals surface area contributed by atoms with Crippen molar-refractivity contribution < 1.29 is 4.39 Å². The van der Waals surface area contributed by atoms with E-state index in [1.165, 1.54) is 12.1 Å². The van der Waals surface area contributed by atoms with Crippen LogP contribution in [0.2, 0.25) is 0 Å². The van der Waals surface area contributed by atoms with Gasteiger partial charge in [0.05, 0.1) is 11.9 Å². The molecule has 0 aliphatic carbocycles. The third-order valence-corrected chi connectivity index (χ3v) is 1.85. The number of benzene rings is 1. The Morgan fingerprint density at radius 3 is 2.71 bits per heavy atom. The summed E-state index contributed by atoms with van der Waals surface area (Å²) in [5.41, 5.74) is 7.35. The van der Waals surface area contributed by atoms with Crippen molar-refractivity contribution in [1.82, 2.24) is 9.97 Å². The summed E-state index contributed by atoms with van der Waals surface area (Å²) in [5, 5.41) is 0. The van der Waals surface area contributed by atoms with Gasteiger partial charge in [0.1, 0.15) is 5.82 Å². The molecule has 0 aliphatic heterocycles. The van der Waals surface area contributed by atoms with E-state index in [1.807, 2.05) is 0 Å². The minimum absolute atomic E-state index is 0.352. The Bertz CT molecular complexity index is 442. The zero-order valence-corrected chi connectivity index (χ0v) is 7.31. The molecule has 0 spiro atoms. The third kappa shape index (κ3) is 1.54. The van der Waals surface area contributed by atoms with E-state index in [0.29, 0.717) is 16.9 Å². The van der Waals surface area contributed by atoms with E-state index in [-0.39, 0.29) is 5.82 Å². The van der Waals surface area contributed by atoms with E-state index in [0.717, 1.165) is 0 Å². The quantitative estimate of drug-likeness (QED) is 0.696. The molecule has 70 valence electrons. The summed E-state index contributed by atoms with van der Waals surface area (Å²) in [6, 6.07) is 4.21. The lowest BCUT2D eigenvalue weighted by atomic mass is 10.1. The normalized spacial score (nSPS) is 10.1. The Morgan fingerprint density at radius 1 is 1.21 bits per heavy atom. The average molecular weight is 189 g/mol. The van der Waals surface area contributed by atoms with Gasteiger partial charge in [-0.1, -0.05) is 0 Å². The molecule has 1 aromatic carbocycles. The van der Waals surface area contributed by atoms with Crippen LogP contribution in [0.25, 0.3) is 11.3 Å². The first kappa shape index (κ1) is 8.62. The summed E-state index contributed by atoms with van der Waals surface area (Å²) in [4.78, 5) is 7.99. The highest BCUT2D eigenvalue weighted by Gasteiger charge is 2.04. The summed E-state index contributed by atoms with van der Waals surface area (Å²) in [6.45, 7) is 0. The van der Waals surface area contributed by atoms with E-state index in [9.17, 15) is 4.39 Å². The molecule has 3 nitrogen and oxygen atoms in total. The van der Waals surface area contributed by atoms with Crippen molar-refractivity contribution in [3.63, 3.8) is 0 Å². The van der Waals surface area contributed by atoms with Crippen LogP contribution in [0.5, 0.6) is 0 Å². The maximum absolute atomic E-state index is 12.7. The number of anilines is 1. The highest BCUT2D eigenvalue weighted by Crippen LogP contribution is 2.23. The molecule has 0 fully saturated rings. The number of nitrogens with two attached hydrogens (primary N) is 1. The minimum atomic E-state index is -0.352. The molecule has 0 saturated heterocycles. The molecule has 2 rings (SSSR count). The molecule has 0 saturated carbocycles. The lowest BCUT2D eigenvalue weighted by molar-refractivity contribution is 0.628. The molecule has 0 atom stereocenters. The number of hydrogen-bond donors (Lipinski definition) is 1. The lowest BCUT2D eigenvalue weighted by Crippen LogP contribution is -1.93.